The fourth-order valence-electron chi connectivity index (χ4n) is 4.04. The van der Waals surface area contributed by atoms with Crippen LogP contribution < -0.4 is 0 Å². The molecule has 1 aromatic carbocycles. The molecule has 0 spiro atoms. The average molecular weight is 366 g/mol. The van der Waals surface area contributed by atoms with Crippen molar-refractivity contribution in [3.8, 4) is 5.69 Å². The Morgan fingerprint density at radius 1 is 0.963 bits per heavy atom. The van der Waals surface area contributed by atoms with Crippen LogP contribution in [0.4, 0.5) is 0 Å². The van der Waals surface area contributed by atoms with E-state index in [2.05, 4.69) is 0 Å². The summed E-state index contributed by atoms with van der Waals surface area (Å²) in [5, 5.41) is 4.70. The second-order valence-corrected chi connectivity index (χ2v) is 7.65. The van der Waals surface area contributed by atoms with Gasteiger partial charge in [-0.2, -0.15) is 5.10 Å². The van der Waals surface area contributed by atoms with Crippen molar-refractivity contribution in [1.82, 2.24) is 19.6 Å². The molecule has 2 aliphatic rings. The van der Waals surface area contributed by atoms with Crippen LogP contribution in [0, 0.1) is 5.92 Å². The topological polar surface area (TPSA) is 58.4 Å². The van der Waals surface area contributed by atoms with Crippen LogP contribution in [0.15, 0.2) is 30.3 Å². The van der Waals surface area contributed by atoms with Crippen LogP contribution in [-0.2, 0) is 17.6 Å². The Bertz CT molecular complexity index is 849. The Morgan fingerprint density at radius 3 is 2.30 bits per heavy atom. The Kier molecular flexibility index (Phi) is 4.72. The number of carbonyl (C=O) groups excluding carboxylic acids is 2. The summed E-state index contributed by atoms with van der Waals surface area (Å²) >= 11 is 0. The first-order valence-electron chi connectivity index (χ1n) is 9.80. The maximum absolute atomic E-state index is 13.2. The van der Waals surface area contributed by atoms with E-state index in [0.29, 0.717) is 31.9 Å². The molecule has 2 heterocycles. The molecule has 4 rings (SSSR count). The number of benzene rings is 1. The van der Waals surface area contributed by atoms with Gasteiger partial charge in [-0.15, -0.1) is 0 Å². The number of piperazine rings is 1. The average Bonchev–Trinajstić information content (AvgIpc) is 3.30. The minimum Gasteiger partial charge on any atom is -0.339 e. The van der Waals surface area contributed by atoms with Gasteiger partial charge in [-0.3, -0.25) is 9.59 Å². The summed E-state index contributed by atoms with van der Waals surface area (Å²) < 4.78 is 1.94. The number of nitrogens with zero attached hydrogens (tertiary/aromatic N) is 4. The molecule has 2 amide bonds. The van der Waals surface area contributed by atoms with Gasteiger partial charge in [0.25, 0.3) is 5.91 Å². The second-order valence-electron chi connectivity index (χ2n) is 7.65. The zero-order valence-corrected chi connectivity index (χ0v) is 16.0. The minimum absolute atomic E-state index is 0.000484. The third-order valence-corrected chi connectivity index (χ3v) is 5.51. The molecule has 1 aromatic heterocycles. The molecule has 0 radical (unpaired) electrons. The normalized spacial score (nSPS) is 16.7. The van der Waals surface area contributed by atoms with Crippen LogP contribution >= 0.6 is 0 Å². The molecule has 27 heavy (non-hydrogen) atoms. The van der Waals surface area contributed by atoms with Crippen molar-refractivity contribution in [2.45, 2.75) is 33.1 Å². The van der Waals surface area contributed by atoms with Crippen molar-refractivity contribution in [2.75, 3.05) is 26.2 Å². The first-order chi connectivity index (χ1) is 13.1. The fraction of sp³-hybridized carbons (Fsp3) is 0.476. The quantitative estimate of drug-likeness (QED) is 0.838. The van der Waals surface area contributed by atoms with Crippen molar-refractivity contribution in [2.24, 2.45) is 5.92 Å². The summed E-state index contributed by atoms with van der Waals surface area (Å²) in [6, 6.07) is 10.0. The summed E-state index contributed by atoms with van der Waals surface area (Å²) in [6.07, 6.45) is 2.94. The van der Waals surface area contributed by atoms with Gasteiger partial charge in [0.2, 0.25) is 5.91 Å². The van der Waals surface area contributed by atoms with Crippen LogP contribution in [0.2, 0.25) is 0 Å². The standard InChI is InChI=1S/C21H26N4O2/c1-15(2)20(26)23-11-13-24(14-12-23)21(27)19-17-9-6-10-18(17)25(22-19)16-7-4-3-5-8-16/h3-5,7-8,15H,6,9-14H2,1-2H3. The number of rotatable bonds is 3. The molecule has 6 nitrogen and oxygen atoms in total. The molecule has 1 aliphatic heterocycles. The van der Waals surface area contributed by atoms with Gasteiger partial charge in [-0.05, 0) is 31.4 Å². The molecular formula is C21H26N4O2. The summed E-state index contributed by atoms with van der Waals surface area (Å²) in [6.45, 7) is 6.18. The number of para-hydroxylation sites is 1. The predicted octanol–water partition coefficient (Wildman–Crippen LogP) is 2.30. The molecule has 6 heteroatoms. The van der Waals surface area contributed by atoms with E-state index in [1.165, 1.54) is 0 Å². The summed E-state index contributed by atoms with van der Waals surface area (Å²) in [4.78, 5) is 29.0. The van der Waals surface area contributed by atoms with Gasteiger partial charge in [-0.25, -0.2) is 4.68 Å². The lowest BCUT2D eigenvalue weighted by molar-refractivity contribution is -0.135. The van der Waals surface area contributed by atoms with E-state index in [0.717, 1.165) is 36.2 Å². The van der Waals surface area contributed by atoms with E-state index in [1.54, 1.807) is 0 Å². The molecule has 2 aromatic rings. The highest BCUT2D eigenvalue weighted by atomic mass is 16.2. The fourth-order valence-corrected chi connectivity index (χ4v) is 4.04. The molecule has 0 unspecified atom stereocenters. The van der Waals surface area contributed by atoms with Gasteiger partial charge < -0.3 is 9.80 Å². The van der Waals surface area contributed by atoms with E-state index in [-0.39, 0.29) is 17.7 Å². The lowest BCUT2D eigenvalue weighted by atomic mass is 10.1. The molecule has 142 valence electrons. The summed E-state index contributed by atoms with van der Waals surface area (Å²) in [7, 11) is 0. The Balaban J connectivity index is 1.55. The Morgan fingerprint density at radius 2 is 1.63 bits per heavy atom. The van der Waals surface area contributed by atoms with E-state index in [1.807, 2.05) is 58.7 Å². The van der Waals surface area contributed by atoms with Gasteiger partial charge in [-0.1, -0.05) is 32.0 Å². The third kappa shape index (κ3) is 3.24. The van der Waals surface area contributed by atoms with Crippen LogP contribution in [0.25, 0.3) is 5.69 Å². The highest BCUT2D eigenvalue weighted by Crippen LogP contribution is 2.28. The molecular weight excluding hydrogens is 340 g/mol. The van der Waals surface area contributed by atoms with E-state index < -0.39 is 0 Å². The Labute approximate surface area is 159 Å². The zero-order valence-electron chi connectivity index (χ0n) is 16.0. The molecule has 1 fully saturated rings. The molecule has 0 atom stereocenters. The number of hydrogen-bond acceptors (Lipinski definition) is 3. The smallest absolute Gasteiger partial charge is 0.274 e. The first-order valence-corrected chi connectivity index (χ1v) is 9.80. The molecule has 1 saturated heterocycles. The summed E-state index contributed by atoms with van der Waals surface area (Å²) in [5.41, 5.74) is 3.86. The predicted molar refractivity (Wildman–Crippen MR) is 103 cm³/mol. The van der Waals surface area contributed by atoms with Gasteiger partial charge >= 0.3 is 0 Å². The van der Waals surface area contributed by atoms with Crippen LogP contribution in [0.1, 0.15) is 42.0 Å². The lowest BCUT2D eigenvalue weighted by Crippen LogP contribution is -2.51. The molecule has 0 bridgehead atoms. The van der Waals surface area contributed by atoms with Crippen molar-refractivity contribution in [1.29, 1.82) is 0 Å². The number of fused-ring (bicyclic) bond motifs is 1. The van der Waals surface area contributed by atoms with Crippen LogP contribution in [0.3, 0.4) is 0 Å². The minimum atomic E-state index is -0.00269. The third-order valence-electron chi connectivity index (χ3n) is 5.51. The van der Waals surface area contributed by atoms with Crippen LogP contribution in [-0.4, -0.2) is 57.6 Å². The lowest BCUT2D eigenvalue weighted by Gasteiger charge is -2.35. The first kappa shape index (κ1) is 17.8. The summed E-state index contributed by atoms with van der Waals surface area (Å²) in [5.74, 6) is 0.160. The molecule has 0 N–H and O–H groups in total. The van der Waals surface area contributed by atoms with Crippen molar-refractivity contribution >= 4 is 11.8 Å². The van der Waals surface area contributed by atoms with Gasteiger partial charge in [0.15, 0.2) is 5.69 Å². The van der Waals surface area contributed by atoms with E-state index in [9.17, 15) is 9.59 Å². The number of carbonyl (C=O) groups is 2. The SMILES string of the molecule is CC(C)C(=O)N1CCN(C(=O)c2nn(-c3ccccc3)c3c2CCC3)CC1. The number of amides is 2. The van der Waals surface area contributed by atoms with Crippen molar-refractivity contribution in [3.63, 3.8) is 0 Å². The monoisotopic (exact) mass is 366 g/mol. The van der Waals surface area contributed by atoms with Crippen molar-refractivity contribution in [3.05, 3.63) is 47.3 Å². The maximum Gasteiger partial charge on any atom is 0.274 e. The van der Waals surface area contributed by atoms with Gasteiger partial charge in [0.05, 0.1) is 5.69 Å². The number of hydrogen-bond donors (Lipinski definition) is 0. The van der Waals surface area contributed by atoms with Gasteiger partial charge in [0, 0.05) is 43.4 Å². The van der Waals surface area contributed by atoms with Crippen molar-refractivity contribution < 1.29 is 9.59 Å². The Hall–Kier alpha value is -2.63. The zero-order chi connectivity index (χ0) is 19.0. The molecule has 0 saturated carbocycles. The van der Waals surface area contributed by atoms with Crippen LogP contribution in [0.5, 0.6) is 0 Å². The molecule has 1 aliphatic carbocycles. The highest BCUT2D eigenvalue weighted by Gasteiger charge is 2.32. The van der Waals surface area contributed by atoms with E-state index in [4.69, 9.17) is 5.10 Å². The maximum atomic E-state index is 13.2. The van der Waals surface area contributed by atoms with Gasteiger partial charge in [0.1, 0.15) is 0 Å². The van der Waals surface area contributed by atoms with E-state index >= 15 is 0 Å². The second kappa shape index (κ2) is 7.18. The highest BCUT2D eigenvalue weighted by molar-refractivity contribution is 5.94. The largest absolute Gasteiger partial charge is 0.339 e. The number of aromatic nitrogens is 2.